The molecule has 1 aliphatic rings. The van der Waals surface area contributed by atoms with Crippen LogP contribution in [0, 0.1) is 0 Å². The van der Waals surface area contributed by atoms with Crippen LogP contribution in [0.2, 0.25) is 0 Å². The molecule has 1 rings (SSSR count). The number of hydrogen-bond donors (Lipinski definition) is 0. The number of amides is 2. The average Bonchev–Trinajstić information content (AvgIpc) is 2.33. The van der Waals surface area contributed by atoms with E-state index in [9.17, 15) is 14.4 Å². The SMILES string of the molecule is CC(C)(C)OC(=O)CN1C(=O)C(Br)=C(Br)C1=O. The summed E-state index contributed by atoms with van der Waals surface area (Å²) in [6.07, 6.45) is 0. The topological polar surface area (TPSA) is 63.7 Å². The number of esters is 1. The first-order chi connectivity index (χ1) is 7.63. The van der Waals surface area contributed by atoms with E-state index in [0.717, 1.165) is 4.90 Å². The van der Waals surface area contributed by atoms with Crippen LogP contribution in [0.3, 0.4) is 0 Å². The highest BCUT2D eigenvalue weighted by Gasteiger charge is 2.37. The van der Waals surface area contributed by atoms with Crippen molar-refractivity contribution in [3.63, 3.8) is 0 Å². The summed E-state index contributed by atoms with van der Waals surface area (Å²) in [6, 6.07) is 0. The Kier molecular flexibility index (Phi) is 4.14. The Balaban J connectivity index is 2.70. The van der Waals surface area contributed by atoms with E-state index in [2.05, 4.69) is 31.9 Å². The summed E-state index contributed by atoms with van der Waals surface area (Å²) >= 11 is 5.94. The Morgan fingerprint density at radius 3 is 1.94 bits per heavy atom. The summed E-state index contributed by atoms with van der Waals surface area (Å²) in [5.74, 6) is -1.72. The monoisotopic (exact) mass is 367 g/mol. The fraction of sp³-hybridized carbons (Fsp3) is 0.500. The molecule has 0 unspecified atom stereocenters. The predicted molar refractivity (Wildman–Crippen MR) is 67.4 cm³/mol. The number of rotatable bonds is 2. The van der Waals surface area contributed by atoms with Crippen molar-refractivity contribution in [2.75, 3.05) is 6.54 Å². The predicted octanol–water partition coefficient (Wildman–Crippen LogP) is 1.70. The van der Waals surface area contributed by atoms with Crippen molar-refractivity contribution in [3.05, 3.63) is 8.96 Å². The van der Waals surface area contributed by atoms with E-state index >= 15 is 0 Å². The zero-order valence-electron chi connectivity index (χ0n) is 9.54. The molecule has 17 heavy (non-hydrogen) atoms. The van der Waals surface area contributed by atoms with Gasteiger partial charge in [-0.25, -0.2) is 0 Å². The Morgan fingerprint density at radius 2 is 1.59 bits per heavy atom. The second kappa shape index (κ2) is 4.89. The molecule has 0 radical (unpaired) electrons. The van der Waals surface area contributed by atoms with Crippen molar-refractivity contribution in [2.45, 2.75) is 26.4 Å². The van der Waals surface area contributed by atoms with Crippen LogP contribution < -0.4 is 0 Å². The molecule has 0 bridgehead atoms. The molecule has 0 aromatic heterocycles. The highest BCUT2D eigenvalue weighted by atomic mass is 79.9. The van der Waals surface area contributed by atoms with Crippen molar-refractivity contribution in [1.29, 1.82) is 0 Å². The first-order valence-electron chi connectivity index (χ1n) is 4.77. The van der Waals surface area contributed by atoms with Crippen LogP contribution >= 0.6 is 31.9 Å². The van der Waals surface area contributed by atoms with Gasteiger partial charge in [-0.05, 0) is 52.6 Å². The zero-order chi connectivity index (χ0) is 13.4. The third-order valence-electron chi connectivity index (χ3n) is 1.77. The summed E-state index contributed by atoms with van der Waals surface area (Å²) in [4.78, 5) is 35.5. The maximum atomic E-state index is 11.6. The second-order valence-corrected chi connectivity index (χ2v) is 6.00. The molecular formula is C10H11Br2NO4. The summed E-state index contributed by atoms with van der Waals surface area (Å²) < 4.78 is 5.27. The lowest BCUT2D eigenvalue weighted by Crippen LogP contribution is -2.39. The van der Waals surface area contributed by atoms with E-state index in [1.807, 2.05) is 0 Å². The van der Waals surface area contributed by atoms with Gasteiger partial charge in [0.05, 0.1) is 0 Å². The molecule has 5 nitrogen and oxygen atoms in total. The van der Waals surface area contributed by atoms with Crippen molar-refractivity contribution in [3.8, 4) is 0 Å². The Labute approximate surface area is 115 Å². The van der Waals surface area contributed by atoms with Crippen molar-refractivity contribution in [1.82, 2.24) is 4.90 Å². The van der Waals surface area contributed by atoms with Crippen molar-refractivity contribution < 1.29 is 19.1 Å². The van der Waals surface area contributed by atoms with Gasteiger partial charge in [0.15, 0.2) is 0 Å². The van der Waals surface area contributed by atoms with Gasteiger partial charge in [0, 0.05) is 0 Å². The van der Waals surface area contributed by atoms with Gasteiger partial charge in [0.2, 0.25) is 0 Å². The number of nitrogens with zero attached hydrogens (tertiary/aromatic N) is 1. The minimum atomic E-state index is -0.648. The van der Waals surface area contributed by atoms with Crippen LogP contribution in [0.25, 0.3) is 0 Å². The molecule has 1 aliphatic heterocycles. The van der Waals surface area contributed by atoms with Crippen LogP contribution in [0.4, 0.5) is 0 Å². The number of ether oxygens (including phenoxy) is 1. The minimum absolute atomic E-state index is 0.117. The third kappa shape index (κ3) is 3.38. The van der Waals surface area contributed by atoms with E-state index in [0.29, 0.717) is 0 Å². The molecule has 94 valence electrons. The Hall–Kier alpha value is -0.690. The fourth-order valence-electron chi connectivity index (χ4n) is 1.16. The number of halogens is 2. The van der Waals surface area contributed by atoms with Crippen LogP contribution in [0.15, 0.2) is 8.96 Å². The van der Waals surface area contributed by atoms with Gasteiger partial charge >= 0.3 is 5.97 Å². The van der Waals surface area contributed by atoms with Gasteiger partial charge in [0.25, 0.3) is 11.8 Å². The van der Waals surface area contributed by atoms with Crippen molar-refractivity contribution >= 4 is 49.6 Å². The van der Waals surface area contributed by atoms with Crippen molar-refractivity contribution in [2.24, 2.45) is 0 Å². The Bertz CT molecular complexity index is 399. The lowest BCUT2D eigenvalue weighted by molar-refractivity contribution is -0.160. The molecule has 1 heterocycles. The van der Waals surface area contributed by atoms with Crippen LogP contribution in [-0.4, -0.2) is 34.8 Å². The van der Waals surface area contributed by atoms with Gasteiger partial charge < -0.3 is 4.74 Å². The molecule has 0 fully saturated rings. The highest BCUT2D eigenvalue weighted by molar-refractivity contribution is 9.14. The Morgan fingerprint density at radius 1 is 1.18 bits per heavy atom. The average molecular weight is 369 g/mol. The molecule has 0 aliphatic carbocycles. The first kappa shape index (κ1) is 14.4. The maximum absolute atomic E-state index is 11.6. The molecule has 0 saturated heterocycles. The minimum Gasteiger partial charge on any atom is -0.459 e. The number of imide groups is 1. The van der Waals surface area contributed by atoms with Crippen LogP contribution in [0.1, 0.15) is 20.8 Å². The fourth-order valence-corrected chi connectivity index (χ4v) is 1.93. The second-order valence-electron chi connectivity index (χ2n) is 4.41. The van der Waals surface area contributed by atoms with E-state index in [1.165, 1.54) is 0 Å². The molecule has 0 spiro atoms. The van der Waals surface area contributed by atoms with Gasteiger partial charge in [-0.15, -0.1) is 0 Å². The van der Waals surface area contributed by atoms with Gasteiger partial charge in [-0.1, -0.05) is 0 Å². The van der Waals surface area contributed by atoms with Crippen LogP contribution in [0.5, 0.6) is 0 Å². The van der Waals surface area contributed by atoms with Crippen LogP contribution in [-0.2, 0) is 19.1 Å². The quantitative estimate of drug-likeness (QED) is 0.549. The summed E-state index contributed by atoms with van der Waals surface area (Å²) in [5.41, 5.74) is -0.648. The van der Waals surface area contributed by atoms with Gasteiger partial charge in [-0.2, -0.15) is 0 Å². The first-order valence-corrected chi connectivity index (χ1v) is 6.35. The maximum Gasteiger partial charge on any atom is 0.326 e. The van der Waals surface area contributed by atoms with Gasteiger partial charge in [-0.3, -0.25) is 19.3 Å². The molecule has 0 N–H and O–H groups in total. The van der Waals surface area contributed by atoms with Gasteiger partial charge in [0.1, 0.15) is 21.1 Å². The smallest absolute Gasteiger partial charge is 0.326 e. The molecule has 0 aromatic rings. The molecule has 0 atom stereocenters. The third-order valence-corrected chi connectivity index (χ3v) is 3.77. The van der Waals surface area contributed by atoms with E-state index in [4.69, 9.17) is 4.74 Å². The molecule has 7 heteroatoms. The number of carbonyl (C=O) groups excluding carboxylic acids is 3. The largest absolute Gasteiger partial charge is 0.459 e. The standard InChI is InChI=1S/C10H11Br2NO4/c1-10(2,3)17-5(14)4-13-8(15)6(11)7(12)9(13)16/h4H2,1-3H3. The van der Waals surface area contributed by atoms with E-state index in [-0.39, 0.29) is 15.5 Å². The lowest BCUT2D eigenvalue weighted by Gasteiger charge is -2.21. The summed E-state index contributed by atoms with van der Waals surface area (Å²) in [6.45, 7) is 4.74. The molecular weight excluding hydrogens is 358 g/mol. The summed E-state index contributed by atoms with van der Waals surface area (Å²) in [7, 11) is 0. The zero-order valence-corrected chi connectivity index (χ0v) is 12.7. The van der Waals surface area contributed by atoms with E-state index < -0.39 is 23.4 Å². The normalized spacial score (nSPS) is 16.9. The lowest BCUT2D eigenvalue weighted by atomic mass is 10.2. The number of carbonyl (C=O) groups is 3. The molecule has 2 amide bonds. The number of hydrogen-bond acceptors (Lipinski definition) is 4. The highest BCUT2D eigenvalue weighted by Crippen LogP contribution is 2.29. The van der Waals surface area contributed by atoms with E-state index in [1.54, 1.807) is 20.8 Å². The summed E-state index contributed by atoms with van der Waals surface area (Å²) in [5, 5.41) is 0. The molecule has 0 aromatic carbocycles. The molecule has 0 saturated carbocycles.